The van der Waals surface area contributed by atoms with Crippen molar-refractivity contribution in [2.45, 2.75) is 26.4 Å². The molecule has 1 aromatic carbocycles. The SMILES string of the molecule is CC(C)N(C)S(=O)(=O)NCc1ccc(NC(=O)c2ccco2)cc1. The zero-order chi connectivity index (χ0) is 17.7. The van der Waals surface area contributed by atoms with E-state index < -0.39 is 10.2 Å². The van der Waals surface area contributed by atoms with Gasteiger partial charge >= 0.3 is 0 Å². The molecule has 1 amide bonds. The van der Waals surface area contributed by atoms with Gasteiger partial charge in [0.25, 0.3) is 16.1 Å². The van der Waals surface area contributed by atoms with Gasteiger partial charge in [0.2, 0.25) is 0 Å². The van der Waals surface area contributed by atoms with E-state index in [1.807, 2.05) is 0 Å². The fourth-order valence-electron chi connectivity index (χ4n) is 1.86. The van der Waals surface area contributed by atoms with Crippen molar-refractivity contribution in [1.29, 1.82) is 0 Å². The maximum Gasteiger partial charge on any atom is 0.291 e. The van der Waals surface area contributed by atoms with E-state index in [0.29, 0.717) is 5.69 Å². The fourth-order valence-corrected chi connectivity index (χ4v) is 2.97. The number of benzene rings is 1. The van der Waals surface area contributed by atoms with Gasteiger partial charge in [-0.3, -0.25) is 4.79 Å². The van der Waals surface area contributed by atoms with Crippen molar-refractivity contribution < 1.29 is 17.6 Å². The summed E-state index contributed by atoms with van der Waals surface area (Å²) in [4.78, 5) is 11.9. The predicted octanol–water partition coefficient (Wildman–Crippen LogP) is 2.21. The van der Waals surface area contributed by atoms with Crippen molar-refractivity contribution >= 4 is 21.8 Å². The standard InChI is InChI=1S/C16H21N3O4S/c1-12(2)19(3)24(21,22)17-11-13-6-8-14(9-7-13)18-16(20)15-5-4-10-23-15/h4-10,12,17H,11H2,1-3H3,(H,18,20). The smallest absolute Gasteiger partial charge is 0.291 e. The molecule has 130 valence electrons. The van der Waals surface area contributed by atoms with Crippen LogP contribution in [0.3, 0.4) is 0 Å². The third kappa shape index (κ3) is 4.67. The number of nitrogens with zero attached hydrogens (tertiary/aromatic N) is 1. The Hall–Kier alpha value is -2.16. The largest absolute Gasteiger partial charge is 0.459 e. The summed E-state index contributed by atoms with van der Waals surface area (Å²) in [5.41, 5.74) is 1.38. The minimum Gasteiger partial charge on any atom is -0.459 e. The Morgan fingerprint density at radius 1 is 1.21 bits per heavy atom. The van der Waals surface area contributed by atoms with Gasteiger partial charge in [-0.2, -0.15) is 17.4 Å². The average Bonchev–Trinajstić information content (AvgIpc) is 3.08. The highest BCUT2D eigenvalue weighted by atomic mass is 32.2. The van der Waals surface area contributed by atoms with Crippen LogP contribution >= 0.6 is 0 Å². The molecular weight excluding hydrogens is 330 g/mol. The molecular formula is C16H21N3O4S. The second kappa shape index (κ2) is 7.61. The number of carbonyl (C=O) groups excluding carboxylic acids is 1. The molecule has 1 heterocycles. The monoisotopic (exact) mass is 351 g/mol. The first-order chi connectivity index (χ1) is 11.3. The summed E-state index contributed by atoms with van der Waals surface area (Å²) in [5, 5.41) is 2.70. The number of carbonyl (C=O) groups is 1. The summed E-state index contributed by atoms with van der Waals surface area (Å²) >= 11 is 0. The summed E-state index contributed by atoms with van der Waals surface area (Å²) in [6.45, 7) is 3.78. The highest BCUT2D eigenvalue weighted by Crippen LogP contribution is 2.12. The van der Waals surface area contributed by atoms with Crippen molar-refractivity contribution in [3.8, 4) is 0 Å². The van der Waals surface area contributed by atoms with Crippen LogP contribution in [0.25, 0.3) is 0 Å². The van der Waals surface area contributed by atoms with Gasteiger partial charge in [0.1, 0.15) is 0 Å². The molecule has 0 fully saturated rings. The normalized spacial score (nSPS) is 11.9. The number of rotatable bonds is 7. The fraction of sp³-hybridized carbons (Fsp3) is 0.312. The lowest BCUT2D eigenvalue weighted by atomic mass is 10.2. The van der Waals surface area contributed by atoms with Crippen LogP contribution in [0, 0.1) is 0 Å². The summed E-state index contributed by atoms with van der Waals surface area (Å²) in [6, 6.07) is 9.99. The molecule has 0 saturated carbocycles. The Balaban J connectivity index is 1.94. The van der Waals surface area contributed by atoms with Crippen LogP contribution in [0.15, 0.2) is 47.1 Å². The molecule has 24 heavy (non-hydrogen) atoms. The number of anilines is 1. The Kier molecular flexibility index (Phi) is 5.76. The van der Waals surface area contributed by atoms with Gasteiger partial charge in [-0.25, -0.2) is 0 Å². The highest BCUT2D eigenvalue weighted by Gasteiger charge is 2.19. The lowest BCUT2D eigenvalue weighted by molar-refractivity contribution is 0.0996. The molecule has 1 aromatic heterocycles. The lowest BCUT2D eigenvalue weighted by Gasteiger charge is -2.21. The van der Waals surface area contributed by atoms with Crippen molar-refractivity contribution in [2.24, 2.45) is 0 Å². The number of nitrogens with one attached hydrogen (secondary N) is 2. The topological polar surface area (TPSA) is 91.7 Å². The molecule has 0 spiro atoms. The summed E-state index contributed by atoms with van der Waals surface area (Å²) in [7, 11) is -1.99. The number of amides is 1. The van der Waals surface area contributed by atoms with E-state index in [2.05, 4.69) is 10.0 Å². The number of hydrogen-bond acceptors (Lipinski definition) is 4. The van der Waals surface area contributed by atoms with Crippen LogP contribution in [0.5, 0.6) is 0 Å². The maximum atomic E-state index is 12.0. The van der Waals surface area contributed by atoms with Gasteiger partial charge < -0.3 is 9.73 Å². The predicted molar refractivity (Wildman–Crippen MR) is 91.8 cm³/mol. The van der Waals surface area contributed by atoms with E-state index in [-0.39, 0.29) is 24.3 Å². The molecule has 7 nitrogen and oxygen atoms in total. The van der Waals surface area contributed by atoms with Gasteiger partial charge in [0.15, 0.2) is 5.76 Å². The average molecular weight is 351 g/mol. The summed E-state index contributed by atoms with van der Waals surface area (Å²) in [5.74, 6) is -0.115. The molecule has 0 saturated heterocycles. The van der Waals surface area contributed by atoms with Crippen molar-refractivity contribution in [3.05, 3.63) is 54.0 Å². The van der Waals surface area contributed by atoms with Crippen LogP contribution in [-0.2, 0) is 16.8 Å². The first-order valence-corrected chi connectivity index (χ1v) is 8.90. The van der Waals surface area contributed by atoms with Gasteiger partial charge in [0.05, 0.1) is 6.26 Å². The lowest BCUT2D eigenvalue weighted by Crippen LogP contribution is -2.41. The van der Waals surface area contributed by atoms with Crippen LogP contribution in [0.2, 0.25) is 0 Å². The minimum atomic E-state index is -3.52. The van der Waals surface area contributed by atoms with Crippen molar-refractivity contribution in [2.75, 3.05) is 12.4 Å². The van der Waals surface area contributed by atoms with E-state index >= 15 is 0 Å². The van der Waals surface area contributed by atoms with E-state index in [0.717, 1.165) is 5.56 Å². The van der Waals surface area contributed by atoms with Gasteiger partial charge in [-0.05, 0) is 43.7 Å². The van der Waals surface area contributed by atoms with E-state index in [4.69, 9.17) is 4.42 Å². The molecule has 0 unspecified atom stereocenters. The van der Waals surface area contributed by atoms with Crippen molar-refractivity contribution in [3.63, 3.8) is 0 Å². The maximum absolute atomic E-state index is 12.0. The number of hydrogen-bond donors (Lipinski definition) is 2. The third-order valence-corrected chi connectivity index (χ3v) is 5.21. The molecule has 2 aromatic rings. The van der Waals surface area contributed by atoms with E-state index in [1.54, 1.807) is 50.2 Å². The molecule has 2 rings (SSSR count). The van der Waals surface area contributed by atoms with Gasteiger partial charge in [0, 0.05) is 25.3 Å². The van der Waals surface area contributed by atoms with E-state index in [1.165, 1.54) is 17.6 Å². The van der Waals surface area contributed by atoms with Crippen LogP contribution < -0.4 is 10.0 Å². The third-order valence-electron chi connectivity index (χ3n) is 3.52. The van der Waals surface area contributed by atoms with E-state index in [9.17, 15) is 13.2 Å². The van der Waals surface area contributed by atoms with Crippen LogP contribution in [-0.4, -0.2) is 31.7 Å². The second-order valence-corrected chi connectivity index (χ2v) is 7.38. The quantitative estimate of drug-likeness (QED) is 0.800. The summed E-state index contributed by atoms with van der Waals surface area (Å²) in [6.07, 6.45) is 1.43. The molecule has 2 N–H and O–H groups in total. The van der Waals surface area contributed by atoms with Gasteiger partial charge in [-0.1, -0.05) is 12.1 Å². The first kappa shape index (κ1) is 18.2. The Labute approximate surface area is 141 Å². The molecule has 0 aliphatic carbocycles. The number of furan rings is 1. The Morgan fingerprint density at radius 2 is 1.88 bits per heavy atom. The zero-order valence-electron chi connectivity index (χ0n) is 13.8. The van der Waals surface area contributed by atoms with Crippen molar-refractivity contribution in [1.82, 2.24) is 9.03 Å². The minimum absolute atomic E-state index is 0.123. The molecule has 0 radical (unpaired) electrons. The second-order valence-electron chi connectivity index (χ2n) is 5.56. The van der Waals surface area contributed by atoms with Crippen LogP contribution in [0.4, 0.5) is 5.69 Å². The molecule has 0 aliphatic rings. The first-order valence-electron chi connectivity index (χ1n) is 7.46. The molecule has 0 atom stereocenters. The van der Waals surface area contributed by atoms with Gasteiger partial charge in [-0.15, -0.1) is 0 Å². The highest BCUT2D eigenvalue weighted by molar-refractivity contribution is 7.87. The molecule has 0 bridgehead atoms. The van der Waals surface area contributed by atoms with Crippen LogP contribution in [0.1, 0.15) is 30.0 Å². The molecule has 0 aliphatic heterocycles. The zero-order valence-corrected chi connectivity index (χ0v) is 14.6. The Morgan fingerprint density at radius 3 is 2.42 bits per heavy atom. The summed E-state index contributed by atoms with van der Waals surface area (Å²) < 4.78 is 32.9. The Bertz CT molecular complexity index is 768. The molecule has 8 heteroatoms.